The fourth-order valence-electron chi connectivity index (χ4n) is 2.31. The van der Waals surface area contributed by atoms with Gasteiger partial charge in [-0.1, -0.05) is 55.0 Å². The Hall–Kier alpha value is -2.66. The highest BCUT2D eigenvalue weighted by molar-refractivity contribution is 7.99. The summed E-state index contributed by atoms with van der Waals surface area (Å²) >= 11 is 1.62. The lowest BCUT2D eigenvalue weighted by atomic mass is 10.0. The van der Waals surface area contributed by atoms with Crippen LogP contribution in [0.1, 0.15) is 49.0 Å². The molecule has 0 bridgehead atoms. The van der Waals surface area contributed by atoms with Crippen LogP contribution >= 0.6 is 11.8 Å². The highest BCUT2D eigenvalue weighted by atomic mass is 32.2. The van der Waals surface area contributed by atoms with Crippen LogP contribution in [-0.2, 0) is 9.63 Å². The molecule has 0 fully saturated rings. The maximum atomic E-state index is 12.7. The lowest BCUT2D eigenvalue weighted by Gasteiger charge is -2.06. The number of carbonyl (C=O) groups is 2. The van der Waals surface area contributed by atoms with E-state index in [-0.39, 0.29) is 11.5 Å². The van der Waals surface area contributed by atoms with E-state index in [4.69, 9.17) is 0 Å². The molecule has 0 N–H and O–H groups in total. The predicted octanol–water partition coefficient (Wildman–Crippen LogP) is 5.77. The van der Waals surface area contributed by atoms with Gasteiger partial charge >= 0.3 is 5.97 Å². The highest BCUT2D eigenvalue weighted by Crippen LogP contribution is 2.28. The van der Waals surface area contributed by atoms with Crippen LogP contribution in [-0.4, -0.2) is 17.5 Å². The standard InChI is InChI=1S/C22H23NO3S/c1-4-6-7-21(23-26-16(3)24)22(25)18-10-14-20(15-11-18)27-19-12-8-17(5-2)9-13-19/h5,8-15H,2,4,6-7H2,1,3H3. The largest absolute Gasteiger partial charge is 0.331 e. The first-order valence-electron chi connectivity index (χ1n) is 8.83. The van der Waals surface area contributed by atoms with Gasteiger partial charge in [0.1, 0.15) is 5.71 Å². The SMILES string of the molecule is C=Cc1ccc(Sc2ccc(C(=O)C(CCCC)=NOC(C)=O)cc2)cc1. The Kier molecular flexibility index (Phi) is 8.01. The molecule has 2 rings (SSSR count). The molecule has 140 valence electrons. The van der Waals surface area contributed by atoms with Crippen LogP contribution in [0.2, 0.25) is 0 Å². The van der Waals surface area contributed by atoms with Gasteiger partial charge in [-0.2, -0.15) is 0 Å². The summed E-state index contributed by atoms with van der Waals surface area (Å²) in [6, 6.07) is 15.5. The van der Waals surface area contributed by atoms with Crippen molar-refractivity contribution in [3.63, 3.8) is 0 Å². The van der Waals surface area contributed by atoms with E-state index in [1.54, 1.807) is 23.9 Å². The molecule has 0 radical (unpaired) electrons. The summed E-state index contributed by atoms with van der Waals surface area (Å²) in [6.07, 6.45) is 4.02. The van der Waals surface area contributed by atoms with Crippen molar-refractivity contribution in [2.24, 2.45) is 5.16 Å². The Balaban J connectivity index is 2.10. The van der Waals surface area contributed by atoms with Gasteiger partial charge in [-0.05, 0) is 54.8 Å². The van der Waals surface area contributed by atoms with Gasteiger partial charge in [0.15, 0.2) is 0 Å². The molecule has 2 aromatic carbocycles. The third kappa shape index (κ3) is 6.53. The van der Waals surface area contributed by atoms with Crippen molar-refractivity contribution in [1.82, 2.24) is 0 Å². The van der Waals surface area contributed by atoms with Crippen molar-refractivity contribution in [1.29, 1.82) is 0 Å². The van der Waals surface area contributed by atoms with Crippen LogP contribution < -0.4 is 0 Å². The lowest BCUT2D eigenvalue weighted by molar-refractivity contribution is -0.140. The topological polar surface area (TPSA) is 55.7 Å². The molecule has 4 nitrogen and oxygen atoms in total. The molecule has 0 heterocycles. The van der Waals surface area contributed by atoms with Crippen molar-refractivity contribution >= 4 is 35.3 Å². The number of hydrogen-bond acceptors (Lipinski definition) is 5. The minimum absolute atomic E-state index is 0.211. The van der Waals surface area contributed by atoms with Crippen LogP contribution in [0.15, 0.2) is 70.1 Å². The number of ketones is 1. The Morgan fingerprint density at radius 1 is 1.07 bits per heavy atom. The van der Waals surface area contributed by atoms with Crippen LogP contribution in [0.3, 0.4) is 0 Å². The van der Waals surface area contributed by atoms with Crippen LogP contribution in [0.25, 0.3) is 6.08 Å². The molecule has 2 aromatic rings. The van der Waals surface area contributed by atoms with Gasteiger partial charge < -0.3 is 4.84 Å². The van der Waals surface area contributed by atoms with Crippen molar-refractivity contribution in [3.8, 4) is 0 Å². The number of unbranched alkanes of at least 4 members (excludes halogenated alkanes) is 1. The average molecular weight is 381 g/mol. The van der Waals surface area contributed by atoms with Gasteiger partial charge in [-0.25, -0.2) is 4.79 Å². The molecule has 0 aromatic heterocycles. The van der Waals surface area contributed by atoms with Gasteiger partial charge in [0.05, 0.1) is 0 Å². The Morgan fingerprint density at radius 3 is 2.19 bits per heavy atom. The summed E-state index contributed by atoms with van der Waals surface area (Å²) in [5.41, 5.74) is 1.88. The van der Waals surface area contributed by atoms with E-state index >= 15 is 0 Å². The van der Waals surface area contributed by atoms with E-state index in [1.807, 2.05) is 49.4 Å². The van der Waals surface area contributed by atoms with Crippen molar-refractivity contribution in [3.05, 3.63) is 66.2 Å². The molecule has 27 heavy (non-hydrogen) atoms. The van der Waals surface area contributed by atoms with Crippen molar-refractivity contribution < 1.29 is 14.4 Å². The third-order valence-corrected chi connectivity index (χ3v) is 4.80. The molecular weight excluding hydrogens is 358 g/mol. The maximum Gasteiger partial charge on any atom is 0.331 e. The molecule has 0 aliphatic heterocycles. The van der Waals surface area contributed by atoms with E-state index in [2.05, 4.69) is 16.6 Å². The van der Waals surface area contributed by atoms with Crippen LogP contribution in [0, 0.1) is 0 Å². The van der Waals surface area contributed by atoms with Gasteiger partial charge in [0, 0.05) is 22.3 Å². The summed E-state index contributed by atoms with van der Waals surface area (Å²) in [6.45, 7) is 7.04. The van der Waals surface area contributed by atoms with Crippen LogP contribution in [0.5, 0.6) is 0 Å². The van der Waals surface area contributed by atoms with Gasteiger partial charge in [0.25, 0.3) is 0 Å². The molecule has 0 spiro atoms. The number of nitrogens with zero attached hydrogens (tertiary/aromatic N) is 1. The lowest BCUT2D eigenvalue weighted by Crippen LogP contribution is -2.15. The second-order valence-electron chi connectivity index (χ2n) is 5.95. The maximum absolute atomic E-state index is 12.7. The first-order chi connectivity index (χ1) is 13.0. The smallest absolute Gasteiger partial charge is 0.318 e. The Morgan fingerprint density at radius 2 is 1.67 bits per heavy atom. The molecule has 0 aliphatic rings. The number of benzene rings is 2. The van der Waals surface area contributed by atoms with Crippen molar-refractivity contribution in [2.75, 3.05) is 0 Å². The Labute approximate surface area is 164 Å². The summed E-state index contributed by atoms with van der Waals surface area (Å²) in [5.74, 6) is -0.748. The second-order valence-corrected chi connectivity index (χ2v) is 7.10. The van der Waals surface area contributed by atoms with E-state index in [0.29, 0.717) is 12.0 Å². The summed E-state index contributed by atoms with van der Waals surface area (Å²) in [7, 11) is 0. The number of oxime groups is 1. The summed E-state index contributed by atoms with van der Waals surface area (Å²) in [5, 5.41) is 3.75. The Bertz CT molecular complexity index is 824. The van der Waals surface area contributed by atoms with Gasteiger partial charge in [-0.15, -0.1) is 0 Å². The second kappa shape index (κ2) is 10.5. The van der Waals surface area contributed by atoms with E-state index < -0.39 is 5.97 Å². The zero-order chi connectivity index (χ0) is 19.6. The predicted molar refractivity (Wildman–Crippen MR) is 110 cm³/mol. The first kappa shape index (κ1) is 20.6. The molecule has 0 amide bonds. The summed E-state index contributed by atoms with van der Waals surface area (Å²) in [4.78, 5) is 30.5. The molecular formula is C22H23NO3S. The zero-order valence-corrected chi connectivity index (χ0v) is 16.4. The third-order valence-electron chi connectivity index (χ3n) is 3.78. The zero-order valence-electron chi connectivity index (χ0n) is 15.6. The quantitative estimate of drug-likeness (QED) is 0.239. The monoisotopic (exact) mass is 381 g/mol. The average Bonchev–Trinajstić information content (AvgIpc) is 2.68. The van der Waals surface area contributed by atoms with Gasteiger partial charge in [-0.3, -0.25) is 4.79 Å². The number of hydrogen-bond donors (Lipinski definition) is 0. The van der Waals surface area contributed by atoms with Crippen molar-refractivity contribution in [2.45, 2.75) is 42.9 Å². The minimum Gasteiger partial charge on any atom is -0.318 e. The molecule has 0 unspecified atom stereocenters. The summed E-state index contributed by atoms with van der Waals surface area (Å²) < 4.78 is 0. The van der Waals surface area contributed by atoms with E-state index in [9.17, 15) is 9.59 Å². The molecule has 5 heteroatoms. The molecule has 0 saturated heterocycles. The highest BCUT2D eigenvalue weighted by Gasteiger charge is 2.15. The number of carbonyl (C=O) groups excluding carboxylic acids is 2. The minimum atomic E-state index is -0.536. The van der Waals surface area contributed by atoms with Crippen LogP contribution in [0.4, 0.5) is 0 Å². The normalized spacial score (nSPS) is 11.1. The first-order valence-corrected chi connectivity index (χ1v) is 9.64. The van der Waals surface area contributed by atoms with Gasteiger partial charge in [0.2, 0.25) is 5.78 Å². The number of rotatable bonds is 9. The molecule has 0 aliphatic carbocycles. The number of Topliss-reactive ketones (excluding diaryl/α,β-unsaturated/α-hetero) is 1. The van der Waals surface area contributed by atoms with E-state index in [0.717, 1.165) is 28.2 Å². The molecule has 0 saturated carbocycles. The fourth-order valence-corrected chi connectivity index (χ4v) is 3.13. The fraction of sp³-hybridized carbons (Fsp3) is 0.227. The molecule has 0 atom stereocenters. The van der Waals surface area contributed by atoms with E-state index in [1.165, 1.54) is 6.92 Å².